The van der Waals surface area contributed by atoms with Crippen LogP contribution in [-0.2, 0) is 0 Å². The lowest BCUT2D eigenvalue weighted by Crippen LogP contribution is -1.99. The highest BCUT2D eigenvalue weighted by atomic mass is 79.9. The number of aromatic nitrogens is 2. The second-order valence-electron chi connectivity index (χ2n) is 7.60. The molecule has 0 fully saturated rings. The Balaban J connectivity index is 1.86. The number of ether oxygens (including phenoxy) is 1. The van der Waals surface area contributed by atoms with E-state index in [-0.39, 0.29) is 0 Å². The molecule has 0 saturated heterocycles. The van der Waals surface area contributed by atoms with Crippen molar-refractivity contribution >= 4 is 28.1 Å². The van der Waals surface area contributed by atoms with E-state index < -0.39 is 0 Å². The molecule has 0 aliphatic heterocycles. The number of rotatable bonds is 7. The van der Waals surface area contributed by atoms with Crippen molar-refractivity contribution in [1.29, 1.82) is 0 Å². The Labute approximate surface area is 198 Å². The molecular weight excluding hydrogens is 460 g/mol. The molecule has 0 spiro atoms. The van der Waals surface area contributed by atoms with Crippen LogP contribution in [0.1, 0.15) is 30.0 Å². The Morgan fingerprint density at radius 2 is 1.69 bits per heavy atom. The van der Waals surface area contributed by atoms with Gasteiger partial charge >= 0.3 is 0 Å². The number of pyridine rings is 2. The number of hydrogen-bond donors (Lipinski definition) is 0. The number of benzene rings is 2. The molecule has 0 aliphatic rings. The summed E-state index contributed by atoms with van der Waals surface area (Å²) >= 11 is 3.77. The summed E-state index contributed by atoms with van der Waals surface area (Å²) in [5.74, 6) is 0.837. The topological polar surface area (TPSA) is 35.0 Å². The van der Waals surface area contributed by atoms with Crippen LogP contribution in [0.2, 0.25) is 0 Å². The fraction of sp³-hybridized carbons (Fsp3) is 0.143. The maximum atomic E-state index is 6.01. The average molecular weight is 485 g/mol. The zero-order valence-corrected chi connectivity index (χ0v) is 19.8. The first-order chi connectivity index (χ1) is 15.7. The van der Waals surface area contributed by atoms with Gasteiger partial charge in [-0.2, -0.15) is 0 Å². The lowest BCUT2D eigenvalue weighted by molar-refractivity contribution is 0.318. The zero-order chi connectivity index (χ0) is 22.3. The Morgan fingerprint density at radius 3 is 2.47 bits per heavy atom. The summed E-state index contributed by atoms with van der Waals surface area (Å²) in [5, 5.41) is 0. The molecule has 4 aromatic rings. The predicted molar refractivity (Wildman–Crippen MR) is 136 cm³/mol. The standard InChI is InChI=1S/C28H25BrN2O/c1-3-15-32-26-12-8-7-11-24(26)28-25(29)17-22(14-13-21-9-5-4-6-10-21)27(31-28)23-16-20(2)18-30-19-23/h4-14,16-19H,3,15H2,1-2H3/b14-13+. The molecule has 0 saturated carbocycles. The highest BCUT2D eigenvalue weighted by molar-refractivity contribution is 9.10. The summed E-state index contributed by atoms with van der Waals surface area (Å²) in [6.07, 6.45) is 8.89. The molecule has 32 heavy (non-hydrogen) atoms. The Morgan fingerprint density at radius 1 is 0.906 bits per heavy atom. The van der Waals surface area contributed by atoms with Crippen LogP contribution in [0.3, 0.4) is 0 Å². The van der Waals surface area contributed by atoms with Gasteiger partial charge in [-0.15, -0.1) is 0 Å². The molecule has 0 atom stereocenters. The number of para-hydroxylation sites is 1. The first kappa shape index (κ1) is 22.0. The summed E-state index contributed by atoms with van der Waals surface area (Å²) in [6.45, 7) is 4.82. The SMILES string of the molecule is CCCOc1ccccc1-c1nc(-c2cncc(C)c2)c(/C=C/c2ccccc2)cc1Br. The van der Waals surface area contributed by atoms with Gasteiger partial charge in [0, 0.05) is 33.6 Å². The second-order valence-corrected chi connectivity index (χ2v) is 8.45. The van der Waals surface area contributed by atoms with Crippen LogP contribution < -0.4 is 4.74 Å². The minimum absolute atomic E-state index is 0.668. The Kier molecular flexibility index (Phi) is 7.13. The third-order valence-corrected chi connectivity index (χ3v) is 5.62. The molecule has 0 unspecified atom stereocenters. The van der Waals surface area contributed by atoms with E-state index in [1.165, 1.54) is 0 Å². The van der Waals surface area contributed by atoms with Crippen molar-refractivity contribution in [3.63, 3.8) is 0 Å². The maximum absolute atomic E-state index is 6.01. The van der Waals surface area contributed by atoms with Crippen LogP contribution in [-0.4, -0.2) is 16.6 Å². The van der Waals surface area contributed by atoms with Crippen LogP contribution in [0.15, 0.2) is 83.6 Å². The van der Waals surface area contributed by atoms with Gasteiger partial charge in [0.1, 0.15) is 5.75 Å². The van der Waals surface area contributed by atoms with Crippen molar-refractivity contribution in [3.05, 3.63) is 100 Å². The average Bonchev–Trinajstić information content (AvgIpc) is 2.82. The van der Waals surface area contributed by atoms with Crippen molar-refractivity contribution < 1.29 is 4.74 Å². The molecule has 0 bridgehead atoms. The van der Waals surface area contributed by atoms with Gasteiger partial charge in [-0.05, 0) is 64.7 Å². The van der Waals surface area contributed by atoms with E-state index in [1.54, 1.807) is 0 Å². The van der Waals surface area contributed by atoms with Crippen LogP contribution >= 0.6 is 15.9 Å². The van der Waals surface area contributed by atoms with Crippen molar-refractivity contribution in [2.24, 2.45) is 0 Å². The molecule has 2 aromatic carbocycles. The van der Waals surface area contributed by atoms with Crippen molar-refractivity contribution in [2.75, 3.05) is 6.61 Å². The first-order valence-corrected chi connectivity index (χ1v) is 11.5. The lowest BCUT2D eigenvalue weighted by atomic mass is 10.0. The van der Waals surface area contributed by atoms with E-state index in [4.69, 9.17) is 9.72 Å². The van der Waals surface area contributed by atoms with Gasteiger partial charge in [-0.25, -0.2) is 4.98 Å². The molecule has 4 heteroatoms. The number of aryl methyl sites for hydroxylation is 1. The normalized spacial score (nSPS) is 11.1. The van der Waals surface area contributed by atoms with E-state index in [1.807, 2.05) is 55.7 Å². The van der Waals surface area contributed by atoms with Crippen LogP contribution in [0.25, 0.3) is 34.7 Å². The van der Waals surface area contributed by atoms with Gasteiger partial charge in [0.05, 0.1) is 18.0 Å². The van der Waals surface area contributed by atoms with Crippen molar-refractivity contribution in [3.8, 4) is 28.3 Å². The molecule has 0 N–H and O–H groups in total. The quantitative estimate of drug-likeness (QED) is 0.268. The minimum atomic E-state index is 0.668. The van der Waals surface area contributed by atoms with Gasteiger partial charge in [0.25, 0.3) is 0 Å². The highest BCUT2D eigenvalue weighted by Gasteiger charge is 2.16. The van der Waals surface area contributed by atoms with Crippen LogP contribution in [0.5, 0.6) is 5.75 Å². The molecule has 2 heterocycles. The predicted octanol–water partition coefficient (Wildman–Crippen LogP) is 7.84. The van der Waals surface area contributed by atoms with E-state index >= 15 is 0 Å². The molecule has 160 valence electrons. The van der Waals surface area contributed by atoms with E-state index in [9.17, 15) is 0 Å². The van der Waals surface area contributed by atoms with E-state index in [0.29, 0.717) is 6.61 Å². The third kappa shape index (κ3) is 5.14. The molecule has 0 aliphatic carbocycles. The van der Waals surface area contributed by atoms with Gasteiger partial charge in [0.2, 0.25) is 0 Å². The molecule has 0 amide bonds. The summed E-state index contributed by atoms with van der Waals surface area (Å²) in [6, 6.07) is 22.6. The van der Waals surface area contributed by atoms with Gasteiger partial charge in [-0.1, -0.05) is 61.5 Å². The molecule has 3 nitrogen and oxygen atoms in total. The second kappa shape index (κ2) is 10.4. The number of halogens is 1. The molecule has 4 rings (SSSR count). The van der Waals surface area contributed by atoms with Gasteiger partial charge in [-0.3, -0.25) is 4.98 Å². The summed E-state index contributed by atoms with van der Waals surface area (Å²) in [7, 11) is 0. The molecule has 0 radical (unpaired) electrons. The molecular formula is C28H25BrN2O. The van der Waals surface area contributed by atoms with Gasteiger partial charge < -0.3 is 4.74 Å². The van der Waals surface area contributed by atoms with Crippen molar-refractivity contribution in [2.45, 2.75) is 20.3 Å². The number of nitrogens with zero attached hydrogens (tertiary/aromatic N) is 2. The summed E-state index contributed by atoms with van der Waals surface area (Å²) in [4.78, 5) is 9.52. The third-order valence-electron chi connectivity index (χ3n) is 5.01. The fourth-order valence-electron chi connectivity index (χ4n) is 3.48. The fourth-order valence-corrected chi connectivity index (χ4v) is 4.03. The Bertz CT molecular complexity index is 1240. The van der Waals surface area contributed by atoms with Crippen LogP contribution in [0.4, 0.5) is 0 Å². The highest BCUT2D eigenvalue weighted by Crippen LogP contribution is 2.37. The minimum Gasteiger partial charge on any atom is -0.493 e. The summed E-state index contributed by atoms with van der Waals surface area (Å²) < 4.78 is 6.93. The van der Waals surface area contributed by atoms with E-state index in [0.717, 1.165) is 55.8 Å². The van der Waals surface area contributed by atoms with E-state index in [2.05, 4.69) is 70.3 Å². The largest absolute Gasteiger partial charge is 0.493 e. The Hall–Kier alpha value is -3.24. The smallest absolute Gasteiger partial charge is 0.128 e. The zero-order valence-electron chi connectivity index (χ0n) is 18.3. The summed E-state index contributed by atoms with van der Waals surface area (Å²) in [5.41, 5.74) is 6.94. The van der Waals surface area contributed by atoms with Gasteiger partial charge in [0.15, 0.2) is 0 Å². The molecule has 2 aromatic heterocycles. The number of hydrogen-bond acceptors (Lipinski definition) is 3. The van der Waals surface area contributed by atoms with Crippen LogP contribution in [0, 0.1) is 6.92 Å². The van der Waals surface area contributed by atoms with Crippen molar-refractivity contribution in [1.82, 2.24) is 9.97 Å². The lowest BCUT2D eigenvalue weighted by Gasteiger charge is -2.15. The monoisotopic (exact) mass is 484 g/mol. The maximum Gasteiger partial charge on any atom is 0.128 e. The first-order valence-electron chi connectivity index (χ1n) is 10.7.